The first-order valence-corrected chi connectivity index (χ1v) is 8.18. The highest BCUT2D eigenvalue weighted by Gasteiger charge is 2.26. The second-order valence-electron chi connectivity index (χ2n) is 4.83. The number of sulfonamides is 1. The zero-order valence-electron chi connectivity index (χ0n) is 11.7. The third-order valence-electron chi connectivity index (χ3n) is 3.16. The van der Waals surface area contributed by atoms with Crippen LogP contribution in [-0.4, -0.2) is 39.7 Å². The van der Waals surface area contributed by atoms with Crippen molar-refractivity contribution >= 4 is 27.6 Å². The smallest absolute Gasteiger partial charge is 0.337 e. The molecule has 0 spiro atoms. The maximum absolute atomic E-state index is 12.0. The largest absolute Gasteiger partial charge is 0.465 e. The van der Waals surface area contributed by atoms with E-state index in [-0.39, 0.29) is 0 Å². The molecule has 0 bridgehead atoms. The molecule has 114 valence electrons. The van der Waals surface area contributed by atoms with Crippen LogP contribution in [0.4, 0.5) is 5.69 Å². The minimum Gasteiger partial charge on any atom is -0.465 e. The molecule has 1 atom stereocenters. The van der Waals surface area contributed by atoms with Gasteiger partial charge in [-0.25, -0.2) is 17.9 Å². The Morgan fingerprint density at radius 2 is 2.14 bits per heavy atom. The first kappa shape index (κ1) is 15.5. The van der Waals surface area contributed by atoms with Crippen molar-refractivity contribution in [1.29, 1.82) is 0 Å². The van der Waals surface area contributed by atoms with Crippen molar-refractivity contribution in [3.05, 3.63) is 29.3 Å². The molecule has 0 aromatic heterocycles. The molecule has 0 saturated carbocycles. The summed E-state index contributed by atoms with van der Waals surface area (Å²) in [5, 5.41) is 2.66. The van der Waals surface area contributed by atoms with E-state index >= 15 is 0 Å². The fourth-order valence-corrected chi connectivity index (χ4v) is 2.93. The van der Waals surface area contributed by atoms with Crippen LogP contribution in [0.3, 0.4) is 0 Å². The molecule has 8 heteroatoms. The Morgan fingerprint density at radius 1 is 1.43 bits per heavy atom. The predicted molar refractivity (Wildman–Crippen MR) is 76.5 cm³/mol. The Hall–Kier alpha value is -1.93. The van der Waals surface area contributed by atoms with Crippen molar-refractivity contribution in [3.8, 4) is 0 Å². The number of ether oxygens (including phenoxy) is 1. The number of hydrogen-bond acceptors (Lipinski definition) is 5. The molecule has 21 heavy (non-hydrogen) atoms. The van der Waals surface area contributed by atoms with Gasteiger partial charge >= 0.3 is 5.97 Å². The van der Waals surface area contributed by atoms with Crippen molar-refractivity contribution in [3.63, 3.8) is 0 Å². The first-order chi connectivity index (χ1) is 9.80. The number of aryl methyl sites for hydroxylation is 1. The van der Waals surface area contributed by atoms with Gasteiger partial charge in [-0.3, -0.25) is 4.79 Å². The molecule has 2 rings (SSSR count). The predicted octanol–water partition coefficient (Wildman–Crippen LogP) is 0.276. The van der Waals surface area contributed by atoms with Crippen LogP contribution >= 0.6 is 0 Å². The topological polar surface area (TPSA) is 102 Å². The summed E-state index contributed by atoms with van der Waals surface area (Å²) in [7, 11) is -2.18. The lowest BCUT2D eigenvalue weighted by molar-refractivity contribution is -0.117. The van der Waals surface area contributed by atoms with Gasteiger partial charge in [-0.15, -0.1) is 0 Å². The van der Waals surface area contributed by atoms with Gasteiger partial charge in [0.05, 0.1) is 18.9 Å². The fourth-order valence-electron chi connectivity index (χ4n) is 2.19. The molecular formula is C13H16N2O5S. The summed E-state index contributed by atoms with van der Waals surface area (Å²) >= 11 is 0. The van der Waals surface area contributed by atoms with Crippen molar-refractivity contribution in [2.24, 2.45) is 0 Å². The first-order valence-electron chi connectivity index (χ1n) is 6.29. The Morgan fingerprint density at radius 3 is 2.76 bits per heavy atom. The van der Waals surface area contributed by atoms with Crippen LogP contribution in [-0.2, 0) is 26.0 Å². The quantitative estimate of drug-likeness (QED) is 0.780. The highest BCUT2D eigenvalue weighted by molar-refractivity contribution is 7.88. The lowest BCUT2D eigenvalue weighted by Gasteiger charge is -2.13. The molecule has 1 heterocycles. The number of carbonyl (C=O) groups is 2. The molecule has 0 fully saturated rings. The summed E-state index contributed by atoms with van der Waals surface area (Å²) in [4.78, 5) is 23.5. The minimum absolute atomic E-state index is 0.316. The lowest BCUT2D eigenvalue weighted by Crippen LogP contribution is -2.42. The number of hydrogen-bond donors (Lipinski definition) is 2. The number of rotatable bonds is 3. The number of amides is 1. The third-order valence-corrected chi connectivity index (χ3v) is 3.87. The maximum Gasteiger partial charge on any atom is 0.337 e. The fraction of sp³-hybridized carbons (Fsp3) is 0.385. The van der Waals surface area contributed by atoms with Crippen LogP contribution in [0.25, 0.3) is 0 Å². The summed E-state index contributed by atoms with van der Waals surface area (Å²) < 4.78 is 29.5. The van der Waals surface area contributed by atoms with E-state index in [0.717, 1.165) is 11.8 Å². The number of nitrogens with one attached hydrogen (secondary N) is 2. The Labute approximate surface area is 122 Å². The third kappa shape index (κ3) is 3.79. The molecule has 7 nitrogen and oxygen atoms in total. The van der Waals surface area contributed by atoms with E-state index in [1.165, 1.54) is 7.11 Å². The normalized spacial score (nSPS) is 18.4. The van der Waals surface area contributed by atoms with Gasteiger partial charge in [0.25, 0.3) is 0 Å². The summed E-state index contributed by atoms with van der Waals surface area (Å²) in [6.45, 7) is 0. The van der Waals surface area contributed by atoms with E-state index < -0.39 is 27.9 Å². The molecular weight excluding hydrogens is 296 g/mol. The molecule has 0 radical (unpaired) electrons. The second-order valence-corrected chi connectivity index (χ2v) is 6.61. The van der Waals surface area contributed by atoms with Crippen molar-refractivity contribution in [2.45, 2.75) is 18.9 Å². The Bertz CT molecular complexity index is 684. The molecule has 1 aromatic rings. The van der Waals surface area contributed by atoms with Gasteiger partial charge in [-0.2, -0.15) is 0 Å². The van der Waals surface area contributed by atoms with Gasteiger partial charge in [0.2, 0.25) is 15.9 Å². The molecule has 0 aliphatic carbocycles. The van der Waals surface area contributed by atoms with Crippen LogP contribution < -0.4 is 10.0 Å². The molecule has 1 amide bonds. The molecule has 1 aliphatic rings. The number of fused-ring (bicyclic) bond motifs is 1. The Kier molecular flexibility index (Phi) is 4.29. The number of benzene rings is 1. The van der Waals surface area contributed by atoms with E-state index in [0.29, 0.717) is 24.1 Å². The number of methoxy groups -OCH3 is 1. The van der Waals surface area contributed by atoms with Gasteiger partial charge in [-0.1, -0.05) is 0 Å². The van der Waals surface area contributed by atoms with Gasteiger partial charge in [-0.05, 0) is 36.6 Å². The van der Waals surface area contributed by atoms with E-state index in [2.05, 4.69) is 14.8 Å². The lowest BCUT2D eigenvalue weighted by atomic mass is 10.0. The SMILES string of the molecule is COC(=O)c1ccc2c(c1)CCC(NS(C)(=O)=O)C(=O)N2. The number of anilines is 1. The summed E-state index contributed by atoms with van der Waals surface area (Å²) in [6.07, 6.45) is 1.79. The van der Waals surface area contributed by atoms with Gasteiger partial charge in [0.15, 0.2) is 0 Å². The van der Waals surface area contributed by atoms with Crippen molar-refractivity contribution in [2.75, 3.05) is 18.7 Å². The van der Waals surface area contributed by atoms with E-state index in [1.54, 1.807) is 18.2 Å². The highest BCUT2D eigenvalue weighted by Crippen LogP contribution is 2.24. The van der Waals surface area contributed by atoms with Crippen molar-refractivity contribution < 1.29 is 22.7 Å². The second kappa shape index (κ2) is 5.82. The van der Waals surface area contributed by atoms with Gasteiger partial charge in [0, 0.05) is 5.69 Å². The summed E-state index contributed by atoms with van der Waals surface area (Å²) in [6, 6.07) is 3.98. The van der Waals surface area contributed by atoms with Gasteiger partial charge < -0.3 is 10.1 Å². The van der Waals surface area contributed by atoms with E-state index in [9.17, 15) is 18.0 Å². The van der Waals surface area contributed by atoms with Crippen LogP contribution in [0.15, 0.2) is 18.2 Å². The van der Waals surface area contributed by atoms with Gasteiger partial charge in [0.1, 0.15) is 6.04 Å². The molecule has 2 N–H and O–H groups in total. The summed E-state index contributed by atoms with van der Waals surface area (Å²) in [5.41, 5.74) is 1.73. The van der Waals surface area contributed by atoms with Crippen LogP contribution in [0, 0.1) is 0 Å². The maximum atomic E-state index is 12.0. The zero-order chi connectivity index (χ0) is 15.6. The molecule has 0 saturated heterocycles. The number of carbonyl (C=O) groups excluding carboxylic acids is 2. The van der Waals surface area contributed by atoms with E-state index in [4.69, 9.17) is 0 Å². The van der Waals surface area contributed by atoms with Crippen LogP contribution in [0.5, 0.6) is 0 Å². The average molecular weight is 312 g/mol. The number of esters is 1. The highest BCUT2D eigenvalue weighted by atomic mass is 32.2. The molecule has 1 aromatic carbocycles. The van der Waals surface area contributed by atoms with Crippen LogP contribution in [0.2, 0.25) is 0 Å². The molecule has 1 aliphatic heterocycles. The van der Waals surface area contributed by atoms with Crippen LogP contribution in [0.1, 0.15) is 22.3 Å². The minimum atomic E-state index is -3.47. The van der Waals surface area contributed by atoms with E-state index in [1.807, 2.05) is 0 Å². The average Bonchev–Trinajstić information content (AvgIpc) is 2.56. The standard InChI is InChI=1S/C13H16N2O5S/c1-20-13(17)9-4-5-10-8(7-9)3-6-11(12(16)14-10)15-21(2,18)19/h4-5,7,11,15H,3,6H2,1-2H3,(H,14,16). The monoisotopic (exact) mass is 312 g/mol. The zero-order valence-corrected chi connectivity index (χ0v) is 12.5. The molecule has 1 unspecified atom stereocenters. The van der Waals surface area contributed by atoms with Crippen molar-refractivity contribution in [1.82, 2.24) is 4.72 Å². The Balaban J connectivity index is 2.25. The summed E-state index contributed by atoms with van der Waals surface area (Å²) in [5.74, 6) is -0.871.